The van der Waals surface area contributed by atoms with Crippen LogP contribution in [0.25, 0.3) is 0 Å². The third-order valence-electron chi connectivity index (χ3n) is 2.85. The van der Waals surface area contributed by atoms with Crippen molar-refractivity contribution < 1.29 is 0 Å². The van der Waals surface area contributed by atoms with Gasteiger partial charge in [0.15, 0.2) is 0 Å². The van der Waals surface area contributed by atoms with Crippen LogP contribution in [0.1, 0.15) is 39.0 Å². The molecule has 90 valence electrons. The van der Waals surface area contributed by atoms with Crippen LogP contribution in [-0.4, -0.2) is 13.6 Å². The quantitative estimate of drug-likeness (QED) is 0.621. The number of nitrogens with zero attached hydrogens (tertiary/aromatic N) is 1. The van der Waals surface area contributed by atoms with Gasteiger partial charge in [-0.15, -0.1) is 0 Å². The lowest BCUT2D eigenvalue weighted by molar-refractivity contribution is 0.629. The van der Waals surface area contributed by atoms with Gasteiger partial charge >= 0.3 is 0 Å². The minimum atomic E-state index is 0.815. The number of halogens is 1. The highest BCUT2D eigenvalue weighted by Gasteiger charge is 2.00. The second-order valence-electron chi connectivity index (χ2n) is 4.32. The Morgan fingerprint density at radius 3 is 2.56 bits per heavy atom. The van der Waals surface area contributed by atoms with Gasteiger partial charge in [0.2, 0.25) is 0 Å². The number of unbranched alkanes of at least 4 members (excludes halogenated alkanes) is 4. The second-order valence-corrected chi connectivity index (χ2v) is 4.75. The molecule has 0 saturated carbocycles. The zero-order valence-corrected chi connectivity index (χ0v) is 11.1. The maximum atomic E-state index is 5.96. The van der Waals surface area contributed by atoms with Gasteiger partial charge in [0.05, 0.1) is 0 Å². The van der Waals surface area contributed by atoms with Gasteiger partial charge < -0.3 is 4.90 Å². The summed E-state index contributed by atoms with van der Waals surface area (Å²) < 4.78 is 0. The molecule has 1 rings (SSSR count). The first-order valence-corrected chi connectivity index (χ1v) is 6.58. The van der Waals surface area contributed by atoms with E-state index in [0.29, 0.717) is 0 Å². The Hall–Kier alpha value is -0.690. The normalized spacial score (nSPS) is 10.4. The summed E-state index contributed by atoms with van der Waals surface area (Å²) in [5.74, 6) is 0. The summed E-state index contributed by atoms with van der Waals surface area (Å²) in [6, 6.07) is 8.05. The van der Waals surface area contributed by atoms with E-state index in [1.54, 1.807) is 0 Å². The number of anilines is 1. The standard InChI is InChI=1S/C14H22ClN/c1-3-4-5-6-7-11-16(2)14-10-8-9-13(15)12-14/h8-10,12H,3-7,11H2,1-2H3. The Morgan fingerprint density at radius 1 is 1.12 bits per heavy atom. The van der Waals surface area contributed by atoms with Gasteiger partial charge in [-0.1, -0.05) is 50.3 Å². The van der Waals surface area contributed by atoms with E-state index in [9.17, 15) is 0 Å². The fourth-order valence-corrected chi connectivity index (χ4v) is 1.98. The van der Waals surface area contributed by atoms with Gasteiger partial charge in [0.1, 0.15) is 0 Å². The van der Waals surface area contributed by atoms with Crippen LogP contribution in [-0.2, 0) is 0 Å². The number of hydrogen-bond donors (Lipinski definition) is 0. The first-order valence-electron chi connectivity index (χ1n) is 6.20. The van der Waals surface area contributed by atoms with E-state index in [-0.39, 0.29) is 0 Å². The summed E-state index contributed by atoms with van der Waals surface area (Å²) in [5, 5.41) is 0.815. The smallest absolute Gasteiger partial charge is 0.0426 e. The van der Waals surface area contributed by atoms with Crippen molar-refractivity contribution in [3.05, 3.63) is 29.3 Å². The van der Waals surface area contributed by atoms with Crippen LogP contribution in [0.15, 0.2) is 24.3 Å². The molecule has 1 nitrogen and oxygen atoms in total. The lowest BCUT2D eigenvalue weighted by Gasteiger charge is -2.19. The minimum Gasteiger partial charge on any atom is -0.375 e. The summed E-state index contributed by atoms with van der Waals surface area (Å²) >= 11 is 5.96. The topological polar surface area (TPSA) is 3.24 Å². The maximum Gasteiger partial charge on any atom is 0.0426 e. The summed E-state index contributed by atoms with van der Waals surface area (Å²) in [6.07, 6.45) is 6.63. The number of benzene rings is 1. The van der Waals surface area contributed by atoms with Crippen molar-refractivity contribution in [2.24, 2.45) is 0 Å². The maximum absolute atomic E-state index is 5.96. The molecule has 0 fully saturated rings. The van der Waals surface area contributed by atoms with Crippen molar-refractivity contribution in [3.8, 4) is 0 Å². The molecule has 0 radical (unpaired) electrons. The molecule has 0 atom stereocenters. The molecule has 16 heavy (non-hydrogen) atoms. The molecule has 1 aromatic rings. The van der Waals surface area contributed by atoms with Crippen molar-refractivity contribution in [1.82, 2.24) is 0 Å². The van der Waals surface area contributed by atoms with E-state index in [4.69, 9.17) is 11.6 Å². The van der Waals surface area contributed by atoms with Gasteiger partial charge in [-0.3, -0.25) is 0 Å². The molecule has 0 saturated heterocycles. The third kappa shape index (κ3) is 4.89. The molecule has 0 aliphatic heterocycles. The minimum absolute atomic E-state index is 0.815. The molecule has 0 amide bonds. The van der Waals surface area contributed by atoms with E-state index in [0.717, 1.165) is 11.6 Å². The van der Waals surface area contributed by atoms with Crippen molar-refractivity contribution in [2.75, 3.05) is 18.5 Å². The highest BCUT2D eigenvalue weighted by Crippen LogP contribution is 2.18. The van der Waals surface area contributed by atoms with E-state index in [2.05, 4.69) is 24.9 Å². The Balaban J connectivity index is 2.27. The molecule has 0 spiro atoms. The monoisotopic (exact) mass is 239 g/mol. The molecule has 0 heterocycles. The zero-order valence-electron chi connectivity index (χ0n) is 10.4. The van der Waals surface area contributed by atoms with Crippen molar-refractivity contribution in [1.29, 1.82) is 0 Å². The molecule has 1 aromatic carbocycles. The van der Waals surface area contributed by atoms with Gasteiger partial charge in [0.25, 0.3) is 0 Å². The molecular formula is C14H22ClN. The summed E-state index contributed by atoms with van der Waals surface area (Å²) in [7, 11) is 2.13. The summed E-state index contributed by atoms with van der Waals surface area (Å²) in [5.41, 5.74) is 1.21. The van der Waals surface area contributed by atoms with E-state index in [1.807, 2.05) is 18.2 Å². The van der Waals surface area contributed by atoms with Crippen LogP contribution in [0, 0.1) is 0 Å². The van der Waals surface area contributed by atoms with Crippen LogP contribution in [0.3, 0.4) is 0 Å². The molecule has 2 heteroatoms. The molecule has 0 bridgehead atoms. The van der Waals surface area contributed by atoms with Crippen LogP contribution in [0.4, 0.5) is 5.69 Å². The van der Waals surface area contributed by atoms with Gasteiger partial charge in [0, 0.05) is 24.3 Å². The highest BCUT2D eigenvalue weighted by molar-refractivity contribution is 6.30. The number of rotatable bonds is 7. The average molecular weight is 240 g/mol. The van der Waals surface area contributed by atoms with Crippen LogP contribution in [0.2, 0.25) is 5.02 Å². The van der Waals surface area contributed by atoms with E-state index in [1.165, 1.54) is 37.8 Å². The molecular weight excluding hydrogens is 218 g/mol. The highest BCUT2D eigenvalue weighted by atomic mass is 35.5. The molecule has 0 aliphatic carbocycles. The molecule has 0 unspecified atom stereocenters. The predicted octanol–water partition coefficient (Wildman–Crippen LogP) is 4.75. The van der Waals surface area contributed by atoms with Crippen LogP contribution < -0.4 is 4.90 Å². The van der Waals surface area contributed by atoms with E-state index >= 15 is 0 Å². The fraction of sp³-hybridized carbons (Fsp3) is 0.571. The lowest BCUT2D eigenvalue weighted by atomic mass is 10.1. The number of hydrogen-bond acceptors (Lipinski definition) is 1. The average Bonchev–Trinajstić information content (AvgIpc) is 2.28. The molecule has 0 N–H and O–H groups in total. The largest absolute Gasteiger partial charge is 0.375 e. The second kappa shape index (κ2) is 7.56. The van der Waals surface area contributed by atoms with Gasteiger partial charge in [-0.05, 0) is 24.6 Å². The van der Waals surface area contributed by atoms with Crippen molar-refractivity contribution >= 4 is 17.3 Å². The Kier molecular flexibility index (Phi) is 6.32. The Labute approximate surface area is 104 Å². The lowest BCUT2D eigenvalue weighted by Crippen LogP contribution is -2.18. The first kappa shape index (κ1) is 13.4. The molecule has 0 aliphatic rings. The van der Waals surface area contributed by atoms with Gasteiger partial charge in [-0.25, -0.2) is 0 Å². The fourth-order valence-electron chi connectivity index (χ4n) is 1.80. The van der Waals surface area contributed by atoms with E-state index < -0.39 is 0 Å². The Bertz CT molecular complexity index is 299. The summed E-state index contributed by atoms with van der Waals surface area (Å²) in [6.45, 7) is 3.36. The SMILES string of the molecule is CCCCCCCN(C)c1cccc(Cl)c1. The van der Waals surface area contributed by atoms with Crippen molar-refractivity contribution in [2.45, 2.75) is 39.0 Å². The van der Waals surface area contributed by atoms with Crippen LogP contribution >= 0.6 is 11.6 Å². The summed E-state index contributed by atoms with van der Waals surface area (Å²) in [4.78, 5) is 2.28. The third-order valence-corrected chi connectivity index (χ3v) is 3.08. The van der Waals surface area contributed by atoms with Crippen molar-refractivity contribution in [3.63, 3.8) is 0 Å². The zero-order chi connectivity index (χ0) is 11.8. The first-order chi connectivity index (χ1) is 7.74. The Morgan fingerprint density at radius 2 is 1.88 bits per heavy atom. The molecule has 0 aromatic heterocycles. The van der Waals surface area contributed by atoms with Gasteiger partial charge in [-0.2, -0.15) is 0 Å². The predicted molar refractivity (Wildman–Crippen MR) is 73.5 cm³/mol. The van der Waals surface area contributed by atoms with Crippen LogP contribution in [0.5, 0.6) is 0 Å².